The first kappa shape index (κ1) is 20.5. The number of thiazole rings is 1. The summed E-state index contributed by atoms with van der Waals surface area (Å²) in [5.74, 6) is 0.467. The number of aliphatic imine (C=N–C) groups is 1. The van der Waals surface area contributed by atoms with Crippen LogP contribution in [0.3, 0.4) is 0 Å². The van der Waals surface area contributed by atoms with Gasteiger partial charge in [0, 0.05) is 47.3 Å². The molecule has 0 unspecified atom stereocenters. The van der Waals surface area contributed by atoms with Gasteiger partial charge in [-0.1, -0.05) is 0 Å². The molecule has 152 valence electrons. The Morgan fingerprint density at radius 3 is 2.86 bits per heavy atom. The Morgan fingerprint density at radius 2 is 2.25 bits per heavy atom. The lowest BCUT2D eigenvalue weighted by Gasteiger charge is -2.35. The minimum atomic E-state index is -2.78. The number of hydrogen-bond donors (Lipinski definition) is 3. The van der Waals surface area contributed by atoms with Gasteiger partial charge in [-0.15, -0.1) is 11.3 Å². The summed E-state index contributed by atoms with van der Waals surface area (Å²) in [5, 5.41) is 14.9. The van der Waals surface area contributed by atoms with Crippen molar-refractivity contribution in [3.8, 4) is 0 Å². The second-order valence-electron chi connectivity index (χ2n) is 6.31. The first-order valence-electron chi connectivity index (χ1n) is 8.51. The third-order valence-electron chi connectivity index (χ3n) is 4.18. The minimum Gasteiger partial charge on any atom is -0.350 e. The van der Waals surface area contributed by atoms with Gasteiger partial charge in [0.2, 0.25) is 0 Å². The number of rotatable bonds is 7. The van der Waals surface area contributed by atoms with Crippen LogP contribution in [0.1, 0.15) is 18.4 Å². The molecule has 0 aromatic carbocycles. The summed E-state index contributed by atoms with van der Waals surface area (Å²) in [6, 6.07) is 0. The van der Waals surface area contributed by atoms with Crippen molar-refractivity contribution in [2.45, 2.75) is 31.9 Å². The number of halogens is 3. The summed E-state index contributed by atoms with van der Waals surface area (Å²) in [5.41, 5.74) is -0.747. The van der Waals surface area contributed by atoms with E-state index in [4.69, 9.17) is 14.9 Å². The van der Waals surface area contributed by atoms with Crippen LogP contribution in [0.25, 0.3) is 0 Å². The zero-order valence-electron chi connectivity index (χ0n) is 15.0. The maximum Gasteiger partial charge on any atom is 0.312 e. The van der Waals surface area contributed by atoms with E-state index < -0.39 is 18.5 Å². The first-order valence-corrected chi connectivity index (χ1v) is 9.39. The van der Waals surface area contributed by atoms with Crippen LogP contribution in [-0.4, -0.2) is 55.3 Å². The van der Waals surface area contributed by atoms with Crippen molar-refractivity contribution in [3.63, 3.8) is 0 Å². The molecule has 0 bridgehead atoms. The van der Waals surface area contributed by atoms with E-state index in [9.17, 15) is 8.78 Å². The van der Waals surface area contributed by atoms with Crippen molar-refractivity contribution in [3.05, 3.63) is 39.6 Å². The molecular weight excluding hydrogens is 395 g/mol. The van der Waals surface area contributed by atoms with Crippen LogP contribution < -0.4 is 10.6 Å². The topological polar surface area (TPSA) is 91.6 Å². The second-order valence-corrected chi connectivity index (χ2v) is 7.21. The fraction of sp³-hybridized carbons (Fsp3) is 0.471. The number of nitrogens with one attached hydrogen (secondary N) is 3. The number of alkyl halides is 3. The number of ether oxygens (including phenoxy) is 2. The van der Waals surface area contributed by atoms with E-state index in [0.29, 0.717) is 22.1 Å². The lowest BCUT2D eigenvalue weighted by Crippen LogP contribution is -2.45. The van der Waals surface area contributed by atoms with Crippen LogP contribution in [0.2, 0.25) is 0 Å². The lowest BCUT2D eigenvalue weighted by molar-refractivity contribution is -0.224. The van der Waals surface area contributed by atoms with Gasteiger partial charge < -0.3 is 25.5 Å². The quantitative estimate of drug-likeness (QED) is 0.470. The van der Waals surface area contributed by atoms with Crippen molar-refractivity contribution in [2.75, 3.05) is 19.8 Å². The van der Waals surface area contributed by atoms with Gasteiger partial charge in [-0.2, -0.15) is 8.78 Å². The number of nitrogens with zero attached hydrogens (tertiary/aromatic N) is 2. The van der Waals surface area contributed by atoms with Crippen molar-refractivity contribution in [2.24, 2.45) is 4.99 Å². The van der Waals surface area contributed by atoms with Gasteiger partial charge in [0.25, 0.3) is 0 Å². The molecule has 1 aromatic rings. The molecule has 0 amide bonds. The monoisotopic (exact) mass is 415 g/mol. The van der Waals surface area contributed by atoms with E-state index in [-0.39, 0.29) is 31.8 Å². The van der Waals surface area contributed by atoms with Crippen LogP contribution in [0.4, 0.5) is 13.2 Å². The molecule has 0 radical (unpaired) electrons. The Bertz CT molecular complexity index is 787. The molecule has 7 nitrogen and oxygen atoms in total. The zero-order valence-corrected chi connectivity index (χ0v) is 15.9. The number of hydrogen-bond acceptors (Lipinski definition) is 8. The molecule has 11 heteroatoms. The summed E-state index contributed by atoms with van der Waals surface area (Å²) >= 11 is 1.37. The molecule has 2 aliphatic heterocycles. The van der Waals surface area contributed by atoms with Gasteiger partial charge in [0.05, 0.1) is 19.8 Å². The highest BCUT2D eigenvalue weighted by molar-refractivity contribution is 7.11. The number of amidine groups is 1. The second kappa shape index (κ2) is 8.84. The summed E-state index contributed by atoms with van der Waals surface area (Å²) in [6.45, 7) is -1.32. The number of allylic oxidation sites excluding steroid dienone is 1. The van der Waals surface area contributed by atoms with Crippen LogP contribution >= 0.6 is 11.3 Å². The maximum atomic E-state index is 15.3. The van der Waals surface area contributed by atoms with Gasteiger partial charge in [0.15, 0.2) is 22.8 Å². The molecular formula is C17H20F3N5O2S. The average molecular weight is 415 g/mol. The van der Waals surface area contributed by atoms with Gasteiger partial charge in [-0.05, 0) is 6.92 Å². The third-order valence-corrected chi connectivity index (χ3v) is 4.96. The predicted octanol–water partition coefficient (Wildman–Crippen LogP) is 2.58. The van der Waals surface area contributed by atoms with Gasteiger partial charge in [0.1, 0.15) is 0 Å². The maximum absolute atomic E-state index is 15.3. The molecule has 0 aliphatic carbocycles. The van der Waals surface area contributed by atoms with E-state index in [0.717, 1.165) is 12.4 Å². The molecule has 3 heterocycles. The molecule has 3 rings (SSSR count). The van der Waals surface area contributed by atoms with Gasteiger partial charge in [-0.25, -0.2) is 9.37 Å². The summed E-state index contributed by atoms with van der Waals surface area (Å²) in [7, 11) is 0. The summed E-state index contributed by atoms with van der Waals surface area (Å²) in [4.78, 5) is 8.57. The van der Waals surface area contributed by atoms with Crippen molar-refractivity contribution >= 4 is 23.4 Å². The normalized spacial score (nSPS) is 26.1. The first-order chi connectivity index (χ1) is 13.4. The third kappa shape index (κ3) is 4.97. The predicted molar refractivity (Wildman–Crippen MR) is 99.5 cm³/mol. The molecule has 1 aromatic heterocycles. The molecule has 1 saturated heterocycles. The smallest absolute Gasteiger partial charge is 0.312 e. The Kier molecular flexibility index (Phi) is 6.47. The fourth-order valence-corrected chi connectivity index (χ4v) is 3.40. The summed E-state index contributed by atoms with van der Waals surface area (Å²) < 4.78 is 50.9. The Morgan fingerprint density at radius 1 is 1.50 bits per heavy atom. The van der Waals surface area contributed by atoms with Crippen LogP contribution in [-0.2, 0) is 9.47 Å². The Hall–Kier alpha value is -2.24. The van der Waals surface area contributed by atoms with Crippen LogP contribution in [0, 0.1) is 5.41 Å². The van der Waals surface area contributed by atoms with E-state index >= 15 is 4.39 Å². The molecule has 0 spiro atoms. The molecule has 0 saturated carbocycles. The van der Waals surface area contributed by atoms with Crippen LogP contribution in [0.15, 0.2) is 39.6 Å². The van der Waals surface area contributed by atoms with E-state index in [1.165, 1.54) is 11.3 Å². The van der Waals surface area contributed by atoms with E-state index in [1.54, 1.807) is 18.5 Å². The highest BCUT2D eigenvalue weighted by Gasteiger charge is 2.38. The molecule has 3 N–H and O–H groups in total. The fourth-order valence-electron chi connectivity index (χ4n) is 2.80. The highest BCUT2D eigenvalue weighted by Crippen LogP contribution is 2.30. The van der Waals surface area contributed by atoms with Gasteiger partial charge in [-0.3, -0.25) is 4.99 Å². The van der Waals surface area contributed by atoms with E-state index in [2.05, 4.69) is 15.3 Å². The average Bonchev–Trinajstić information content (AvgIpc) is 3.20. The molecule has 0 atom stereocenters. The van der Waals surface area contributed by atoms with Crippen molar-refractivity contribution in [1.82, 2.24) is 15.6 Å². The molecule has 1 fully saturated rings. The Labute approximate surface area is 163 Å². The summed E-state index contributed by atoms with van der Waals surface area (Å²) in [6.07, 6.45) is 2.98. The standard InChI is InChI=1S/C17H20F3N5O2S/c1-10-26-8-17(20,9-27-10)4-13-12(11(5-21)6-24-16(18)19)7-23-14(25-13)15-22-2-3-28-15/h2-3,5-6,10,16,21,24H,4,7-9H2,1H3,(H,23,25)/b11-6+,21-5?. The zero-order chi connectivity index (χ0) is 20.1. The SMILES string of the molecule is CC1OCC(F)(CC2=C(/C(C=N)=C/NC(F)F)CN=C(c3nccs3)N2)CO1. The van der Waals surface area contributed by atoms with Gasteiger partial charge >= 0.3 is 6.55 Å². The number of aromatic nitrogens is 1. The molecule has 2 aliphatic rings. The highest BCUT2D eigenvalue weighted by atomic mass is 32.1. The molecule has 28 heavy (non-hydrogen) atoms. The Balaban J connectivity index is 1.89. The van der Waals surface area contributed by atoms with Crippen LogP contribution in [0.5, 0.6) is 0 Å². The lowest BCUT2D eigenvalue weighted by atomic mass is 9.94. The van der Waals surface area contributed by atoms with Crippen molar-refractivity contribution < 1.29 is 22.6 Å². The largest absolute Gasteiger partial charge is 0.350 e. The van der Waals surface area contributed by atoms with E-state index in [1.807, 2.05) is 5.32 Å². The minimum absolute atomic E-state index is 0.0948. The van der Waals surface area contributed by atoms with Crippen molar-refractivity contribution in [1.29, 1.82) is 5.41 Å².